The quantitative estimate of drug-likeness (QED) is 0.798. The highest BCUT2D eigenvalue weighted by molar-refractivity contribution is 7.92. The lowest BCUT2D eigenvalue weighted by Crippen LogP contribution is -2.34. The molecule has 124 valence electrons. The zero-order chi connectivity index (χ0) is 16.8. The molecule has 0 aliphatic heterocycles. The highest BCUT2D eigenvalue weighted by atomic mass is 32.2. The minimum absolute atomic E-state index is 0.0351. The number of nitrogens with zero attached hydrogens (tertiary/aromatic N) is 1. The summed E-state index contributed by atoms with van der Waals surface area (Å²) in [5.41, 5.74) is 1.64. The van der Waals surface area contributed by atoms with E-state index in [1.807, 2.05) is 39.0 Å². The van der Waals surface area contributed by atoms with E-state index in [0.29, 0.717) is 25.1 Å². The lowest BCUT2D eigenvalue weighted by Gasteiger charge is -2.22. The fourth-order valence-electron chi connectivity index (χ4n) is 2.10. The van der Waals surface area contributed by atoms with Gasteiger partial charge in [-0.2, -0.15) is 0 Å². The molecule has 0 aliphatic carbocycles. The molecule has 0 bridgehead atoms. The molecule has 0 fully saturated rings. The predicted molar refractivity (Wildman–Crippen MR) is 90.5 cm³/mol. The van der Waals surface area contributed by atoms with E-state index in [1.54, 1.807) is 6.07 Å². The summed E-state index contributed by atoms with van der Waals surface area (Å²) in [5, 5.41) is 2.88. The second-order valence-corrected chi connectivity index (χ2v) is 7.56. The average molecular weight is 326 g/mol. The number of rotatable bonds is 8. The Labute approximate surface area is 133 Å². The van der Waals surface area contributed by atoms with Crippen LogP contribution >= 0.6 is 0 Å². The van der Waals surface area contributed by atoms with Crippen molar-refractivity contribution in [1.29, 1.82) is 0 Å². The molecule has 6 heteroatoms. The van der Waals surface area contributed by atoms with Crippen LogP contribution in [0.4, 0.5) is 5.69 Å². The van der Waals surface area contributed by atoms with Crippen molar-refractivity contribution in [2.75, 3.05) is 17.1 Å². The van der Waals surface area contributed by atoms with Gasteiger partial charge < -0.3 is 5.32 Å². The van der Waals surface area contributed by atoms with E-state index < -0.39 is 10.0 Å². The van der Waals surface area contributed by atoms with Crippen LogP contribution in [0, 0.1) is 6.92 Å². The van der Waals surface area contributed by atoms with Gasteiger partial charge in [0.05, 0.1) is 11.9 Å². The number of aryl methyl sites for hydroxylation is 1. The molecular weight excluding hydrogens is 300 g/mol. The van der Waals surface area contributed by atoms with Gasteiger partial charge in [0.1, 0.15) is 0 Å². The van der Waals surface area contributed by atoms with E-state index in [1.165, 1.54) is 10.6 Å². The van der Waals surface area contributed by atoms with Gasteiger partial charge in [-0.3, -0.25) is 9.10 Å². The monoisotopic (exact) mass is 326 g/mol. The molecule has 1 aromatic carbocycles. The molecule has 0 saturated carbocycles. The number of carbonyl (C=O) groups excluding carboxylic acids is 1. The van der Waals surface area contributed by atoms with Crippen LogP contribution in [0.25, 0.3) is 0 Å². The standard InChI is InChI=1S/C16H26N2O3S/c1-5-14(3)17-16(19)10-7-11-18(22(4,20)21)15-9-6-8-13(2)12-15/h6,8-9,12,14H,5,7,10-11H2,1-4H3,(H,17,19). The van der Waals surface area contributed by atoms with Crippen LogP contribution in [0.3, 0.4) is 0 Å². The summed E-state index contributed by atoms with van der Waals surface area (Å²) < 4.78 is 25.3. The average Bonchev–Trinajstić information content (AvgIpc) is 2.42. The SMILES string of the molecule is CCC(C)NC(=O)CCCN(c1cccc(C)c1)S(C)(=O)=O. The fourth-order valence-corrected chi connectivity index (χ4v) is 3.06. The molecule has 1 N–H and O–H groups in total. The van der Waals surface area contributed by atoms with Gasteiger partial charge in [0, 0.05) is 19.0 Å². The van der Waals surface area contributed by atoms with Gasteiger partial charge in [0.15, 0.2) is 0 Å². The minimum Gasteiger partial charge on any atom is -0.354 e. The lowest BCUT2D eigenvalue weighted by atomic mass is 10.2. The smallest absolute Gasteiger partial charge is 0.232 e. The van der Waals surface area contributed by atoms with Gasteiger partial charge in [-0.15, -0.1) is 0 Å². The third kappa shape index (κ3) is 6.05. The summed E-state index contributed by atoms with van der Waals surface area (Å²) >= 11 is 0. The first kappa shape index (κ1) is 18.5. The Balaban J connectivity index is 2.67. The third-order valence-corrected chi connectivity index (χ3v) is 4.67. The van der Waals surface area contributed by atoms with Crippen LogP contribution in [-0.4, -0.2) is 33.2 Å². The maximum absolute atomic E-state index is 12.0. The zero-order valence-electron chi connectivity index (χ0n) is 13.8. The van der Waals surface area contributed by atoms with E-state index in [2.05, 4.69) is 5.32 Å². The summed E-state index contributed by atoms with van der Waals surface area (Å²) in [5.74, 6) is -0.0351. The Bertz CT molecular complexity index is 599. The Morgan fingerprint density at radius 2 is 2.05 bits per heavy atom. The molecule has 0 radical (unpaired) electrons. The molecule has 0 saturated heterocycles. The highest BCUT2D eigenvalue weighted by Gasteiger charge is 2.17. The third-order valence-electron chi connectivity index (χ3n) is 3.47. The number of carbonyl (C=O) groups is 1. The first-order valence-electron chi connectivity index (χ1n) is 7.57. The van der Waals surface area contributed by atoms with E-state index in [9.17, 15) is 13.2 Å². The summed E-state index contributed by atoms with van der Waals surface area (Å²) in [6.07, 6.45) is 2.88. The van der Waals surface area contributed by atoms with Crippen molar-refractivity contribution in [3.05, 3.63) is 29.8 Å². The van der Waals surface area contributed by atoms with E-state index in [4.69, 9.17) is 0 Å². The molecule has 22 heavy (non-hydrogen) atoms. The van der Waals surface area contributed by atoms with Gasteiger partial charge in [-0.25, -0.2) is 8.42 Å². The van der Waals surface area contributed by atoms with Crippen LogP contribution < -0.4 is 9.62 Å². The van der Waals surface area contributed by atoms with E-state index in [-0.39, 0.29) is 11.9 Å². The largest absolute Gasteiger partial charge is 0.354 e. The maximum atomic E-state index is 12.0. The zero-order valence-corrected chi connectivity index (χ0v) is 14.6. The highest BCUT2D eigenvalue weighted by Crippen LogP contribution is 2.19. The van der Waals surface area contributed by atoms with Gasteiger partial charge in [0.2, 0.25) is 15.9 Å². The van der Waals surface area contributed by atoms with Gasteiger partial charge in [-0.05, 0) is 44.4 Å². The fraction of sp³-hybridized carbons (Fsp3) is 0.562. The molecule has 1 atom stereocenters. The molecule has 1 unspecified atom stereocenters. The number of sulfonamides is 1. The number of nitrogens with one attached hydrogen (secondary N) is 1. The molecule has 1 rings (SSSR count). The summed E-state index contributed by atoms with van der Waals surface area (Å²) in [7, 11) is -3.36. The summed E-state index contributed by atoms with van der Waals surface area (Å²) in [6.45, 7) is 6.18. The van der Waals surface area contributed by atoms with Crippen LogP contribution in [-0.2, 0) is 14.8 Å². The van der Waals surface area contributed by atoms with Crippen molar-refractivity contribution in [2.24, 2.45) is 0 Å². The lowest BCUT2D eigenvalue weighted by molar-refractivity contribution is -0.121. The molecular formula is C16H26N2O3S. The first-order chi connectivity index (χ1) is 10.2. The Morgan fingerprint density at radius 3 is 2.59 bits per heavy atom. The molecule has 1 aromatic rings. The van der Waals surface area contributed by atoms with E-state index in [0.717, 1.165) is 12.0 Å². The topological polar surface area (TPSA) is 66.5 Å². The summed E-state index contributed by atoms with van der Waals surface area (Å²) in [4.78, 5) is 11.8. The van der Waals surface area contributed by atoms with Crippen molar-refractivity contribution in [3.63, 3.8) is 0 Å². The second kappa shape index (κ2) is 8.17. The first-order valence-corrected chi connectivity index (χ1v) is 9.42. The number of benzene rings is 1. The number of amides is 1. The second-order valence-electron chi connectivity index (χ2n) is 5.65. The van der Waals surface area contributed by atoms with Crippen molar-refractivity contribution in [3.8, 4) is 0 Å². The molecule has 0 aromatic heterocycles. The molecule has 0 heterocycles. The Kier molecular flexibility index (Phi) is 6.87. The van der Waals surface area contributed by atoms with E-state index >= 15 is 0 Å². The Morgan fingerprint density at radius 1 is 1.36 bits per heavy atom. The number of hydrogen-bond acceptors (Lipinski definition) is 3. The summed E-state index contributed by atoms with van der Waals surface area (Å²) in [6, 6.07) is 7.51. The van der Waals surface area contributed by atoms with Crippen molar-refractivity contribution in [1.82, 2.24) is 5.32 Å². The molecule has 0 spiro atoms. The van der Waals surface area contributed by atoms with Crippen molar-refractivity contribution in [2.45, 2.75) is 46.1 Å². The number of hydrogen-bond donors (Lipinski definition) is 1. The normalized spacial score (nSPS) is 12.7. The molecule has 0 aliphatic rings. The minimum atomic E-state index is -3.36. The van der Waals surface area contributed by atoms with Crippen molar-refractivity contribution < 1.29 is 13.2 Å². The van der Waals surface area contributed by atoms with Gasteiger partial charge in [0.25, 0.3) is 0 Å². The van der Waals surface area contributed by atoms with Crippen LogP contribution in [0.5, 0.6) is 0 Å². The van der Waals surface area contributed by atoms with Gasteiger partial charge >= 0.3 is 0 Å². The Hall–Kier alpha value is -1.56. The molecule has 5 nitrogen and oxygen atoms in total. The van der Waals surface area contributed by atoms with Gasteiger partial charge in [-0.1, -0.05) is 19.1 Å². The van der Waals surface area contributed by atoms with Crippen LogP contribution in [0.15, 0.2) is 24.3 Å². The predicted octanol–water partition coefficient (Wildman–Crippen LogP) is 2.46. The maximum Gasteiger partial charge on any atom is 0.232 e. The van der Waals surface area contributed by atoms with Crippen LogP contribution in [0.2, 0.25) is 0 Å². The van der Waals surface area contributed by atoms with Crippen LogP contribution in [0.1, 0.15) is 38.7 Å². The van der Waals surface area contributed by atoms with Crippen molar-refractivity contribution >= 4 is 21.6 Å². The molecule has 1 amide bonds. The number of anilines is 1.